The van der Waals surface area contributed by atoms with E-state index in [-0.39, 0.29) is 98.7 Å². The lowest BCUT2D eigenvalue weighted by molar-refractivity contribution is -0.111. The molecule has 2 saturated carbocycles. The van der Waals surface area contributed by atoms with Crippen molar-refractivity contribution < 1.29 is 44.9 Å². The van der Waals surface area contributed by atoms with E-state index in [4.69, 9.17) is 9.15 Å². The molecule has 0 radical (unpaired) electrons. The Balaban J connectivity index is 0.925. The maximum atomic E-state index is 15.9. The summed E-state index contributed by atoms with van der Waals surface area (Å²) in [7, 11) is 6.96. The van der Waals surface area contributed by atoms with Gasteiger partial charge in [-0.2, -0.15) is 0 Å². The number of fused-ring (bicyclic) bond motifs is 8. The van der Waals surface area contributed by atoms with Gasteiger partial charge in [-0.3, -0.25) is 4.79 Å². The molecule has 21 rings (SSSR count). The fraction of sp³-hybridized carbons (Fsp3) is 0.500. The molecule has 6 aromatic carbocycles. The van der Waals surface area contributed by atoms with Gasteiger partial charge >= 0.3 is 0 Å². The van der Waals surface area contributed by atoms with Crippen molar-refractivity contribution in [3.63, 3.8) is 0 Å². The number of piperidine rings is 1. The van der Waals surface area contributed by atoms with Crippen LogP contribution in [0.2, 0.25) is 0 Å². The maximum absolute atomic E-state index is 15.9. The van der Waals surface area contributed by atoms with Crippen LogP contribution in [0.4, 0.5) is 0 Å². The number of rotatable bonds is 4. The van der Waals surface area contributed by atoms with E-state index in [1.807, 2.05) is 16.9 Å². The fourth-order valence-electron chi connectivity index (χ4n) is 18.7. The van der Waals surface area contributed by atoms with Crippen molar-refractivity contribution in [1.29, 1.82) is 0 Å². The largest absolute Gasteiger partial charge is 0.507 e. The van der Waals surface area contributed by atoms with Crippen molar-refractivity contribution in [1.82, 2.24) is 5.32 Å². The Morgan fingerprint density at radius 3 is 2.44 bits per heavy atom. The highest BCUT2D eigenvalue weighted by atomic mass is 33.1. The monoisotopic (exact) mass is 1270 g/mol. The predicted molar refractivity (Wildman–Crippen MR) is 360 cm³/mol. The maximum Gasteiger partial charge on any atom is 0.238 e. The van der Waals surface area contributed by atoms with Gasteiger partial charge in [0.25, 0.3) is 0 Å². The van der Waals surface area contributed by atoms with Crippen LogP contribution in [0.15, 0.2) is 88.1 Å². The Morgan fingerprint density at radius 1 is 0.787 bits per heavy atom. The summed E-state index contributed by atoms with van der Waals surface area (Å²) in [4.78, 5) is 15.9. The van der Waals surface area contributed by atoms with E-state index in [9.17, 15) is 35.7 Å². The molecule has 14 atom stereocenters. The number of aliphatic hydroxyl groups excluding tert-OH is 3. The average molecular weight is 1270 g/mol. The zero-order valence-electron chi connectivity index (χ0n) is 50.7. The molecule has 0 spiro atoms. The highest BCUT2D eigenvalue weighted by molar-refractivity contribution is 8.77. The van der Waals surface area contributed by atoms with Crippen molar-refractivity contribution in [2.45, 2.75) is 175 Å². The molecule has 14 aliphatic rings. The summed E-state index contributed by atoms with van der Waals surface area (Å²) in [5, 5.41) is 94.1. The Labute approximate surface area is 536 Å². The number of aromatic hydroxyl groups is 3. The molecular weight excluding hydrogens is 1190 g/mol. The van der Waals surface area contributed by atoms with E-state index >= 15 is 4.79 Å². The number of hydrogen-bond acceptors (Lipinski definition) is 15. The molecule has 1 aromatic heterocycles. The van der Waals surface area contributed by atoms with Gasteiger partial charge in [0, 0.05) is 58.9 Å². The van der Waals surface area contributed by atoms with Crippen molar-refractivity contribution in [3.05, 3.63) is 150 Å². The number of phenolic OH excluding ortho intramolecular Hbond substituents is 2. The Hall–Kier alpha value is -4.81. The molecule has 11 heterocycles. The van der Waals surface area contributed by atoms with Gasteiger partial charge < -0.3 is 50.2 Å². The van der Waals surface area contributed by atoms with Crippen LogP contribution in [0.3, 0.4) is 0 Å². The second-order valence-corrected chi connectivity index (χ2v) is 33.8. The number of benzene rings is 6. The molecule has 4 fully saturated rings. The quantitative estimate of drug-likeness (QED) is 0.0776. The minimum atomic E-state index is -1.01. The Morgan fingerprint density at radius 2 is 1.62 bits per heavy atom. The minimum absolute atomic E-state index is 0.000523. The minimum Gasteiger partial charge on any atom is -0.507 e. The van der Waals surface area contributed by atoms with Crippen LogP contribution in [0.1, 0.15) is 169 Å². The second kappa shape index (κ2) is 23.3. The van der Waals surface area contributed by atoms with Crippen LogP contribution >= 0.6 is 43.2 Å². The molecule has 466 valence electrons. The van der Waals surface area contributed by atoms with Crippen molar-refractivity contribution in [2.24, 2.45) is 35.5 Å². The molecule has 0 unspecified atom stereocenters. The average Bonchev–Trinajstić information content (AvgIpc) is 0.866. The SMILES string of the molecule is CC(C)Cc1cc2c3c(c1O)Cc1cccc(c1)[C@H]1NC[C@@H](Cc4ccc(cc4)C[C@@H]4CC[C@@]5(O)C[C@@H](CC[C@@H]5C4)[C@H]4Cc5ccc6c7c8c(cc(c57)[C@H]4CCO)-c4c(O)cc5oc-2c(O)c(=O)c5c4O[C@@H]2C[C@@H]8[C@H](O)[C@H]6SSCCC[C@H]2O)C[C@H]1SSC3. The second-order valence-electron chi connectivity index (χ2n) is 28.6. The first-order valence-electron chi connectivity index (χ1n) is 33.1. The molecule has 2 saturated heterocycles. The van der Waals surface area contributed by atoms with Gasteiger partial charge in [0.15, 0.2) is 5.76 Å². The highest BCUT2D eigenvalue weighted by Gasteiger charge is 2.51. The number of phenols is 2. The zero-order chi connectivity index (χ0) is 60.7. The van der Waals surface area contributed by atoms with Gasteiger partial charge in [-0.1, -0.05) is 118 Å². The molecule has 10 aliphatic heterocycles. The Bertz CT molecular complexity index is 4020. The first-order chi connectivity index (χ1) is 43.2. The van der Waals surface area contributed by atoms with E-state index in [1.54, 1.807) is 32.4 Å². The molecule has 11 nitrogen and oxygen atoms in total. The van der Waals surface area contributed by atoms with Crippen LogP contribution in [-0.2, 0) is 37.9 Å². The van der Waals surface area contributed by atoms with Crippen LogP contribution in [0.25, 0.3) is 44.2 Å². The van der Waals surface area contributed by atoms with Crippen LogP contribution in [0, 0.1) is 35.5 Å². The summed E-state index contributed by atoms with van der Waals surface area (Å²) >= 11 is 0. The molecule has 4 aliphatic carbocycles. The molecule has 22 bridgehead atoms. The van der Waals surface area contributed by atoms with Crippen LogP contribution in [0.5, 0.6) is 23.0 Å². The molecule has 89 heavy (non-hydrogen) atoms. The lowest BCUT2D eigenvalue weighted by Gasteiger charge is -2.52. The first-order valence-corrected chi connectivity index (χ1v) is 37.8. The molecule has 0 amide bonds. The molecule has 15 heteroatoms. The third-order valence-electron chi connectivity index (χ3n) is 22.8. The normalized spacial score (nSPS) is 31.2. The van der Waals surface area contributed by atoms with Crippen molar-refractivity contribution in [2.75, 3.05) is 18.9 Å². The predicted octanol–water partition coefficient (Wildman–Crippen LogP) is 14.7. The standard InChI is InChI=1S/C74H81NO10S4/c1-36(2)21-45-29-52-55-35-87-88-60-27-41(34-75-66(60)43-6-3-5-39(24-43)26-51(55)67(45)79)23-38-10-8-37(9-11-38)22-40-16-18-74(83)33-44(12-14-46(74)25-40)49-28-42-13-15-48-64-61(42)50(47(49)17-19-76)30-53-62(64)54-31-58(56(77)7-4-20-86-89-73(48)68(54)80)84-72-63(53)57(78)32-59-65(72)69(81)70(82)71(52)85-59/h3,5-6,8-11,13,15,24,29-30,32,36,40-41,44,46-47,49,54,56,58,60,66,68,73,75-80,82-83H,4,7,12,14,16-23,25-28,31,33-35H2,1-2H3/t40-,41-,44+,46+,47-,49+,54-,56+,58+,60+,66+,68-,73-,74+/m0/s1. The molecule has 8 N–H and O–H groups in total. The smallest absolute Gasteiger partial charge is 0.238 e. The van der Waals surface area contributed by atoms with E-state index in [1.165, 1.54) is 28.3 Å². The first kappa shape index (κ1) is 59.2. The topological polar surface area (TPSA) is 193 Å². The number of hydrogen-bond donors (Lipinski definition) is 8. The zero-order valence-corrected chi connectivity index (χ0v) is 54.0. The summed E-state index contributed by atoms with van der Waals surface area (Å²) < 4.78 is 14.2. The van der Waals surface area contributed by atoms with E-state index < -0.39 is 41.0 Å². The van der Waals surface area contributed by atoms with Gasteiger partial charge in [-0.25, -0.2) is 0 Å². The summed E-state index contributed by atoms with van der Waals surface area (Å²) in [5.74, 6) is 1.33. The number of aliphatic hydroxyl groups is 4. The Kier molecular flexibility index (Phi) is 15.5. The lowest BCUT2D eigenvalue weighted by Crippen LogP contribution is -2.49. The third-order valence-corrected chi connectivity index (χ3v) is 28.4. The molecule has 7 aromatic rings. The highest BCUT2D eigenvalue weighted by Crippen LogP contribution is 2.63. The third kappa shape index (κ3) is 10.2. The van der Waals surface area contributed by atoms with Gasteiger partial charge in [0.2, 0.25) is 11.2 Å². The van der Waals surface area contributed by atoms with Gasteiger partial charge in [0.1, 0.15) is 34.3 Å². The fourth-order valence-corrected chi connectivity index (χ4v) is 24.6. The van der Waals surface area contributed by atoms with Crippen molar-refractivity contribution >= 4 is 64.9 Å². The van der Waals surface area contributed by atoms with Gasteiger partial charge in [-0.05, 0) is 228 Å². The van der Waals surface area contributed by atoms with E-state index in [2.05, 4.69) is 85.9 Å². The summed E-state index contributed by atoms with van der Waals surface area (Å²) in [6.45, 7) is 5.05. The van der Waals surface area contributed by atoms with Gasteiger partial charge in [0.05, 0.1) is 28.6 Å². The lowest BCUT2D eigenvalue weighted by atomic mass is 9.56. The van der Waals surface area contributed by atoms with Gasteiger partial charge in [-0.15, -0.1) is 0 Å². The van der Waals surface area contributed by atoms with Crippen LogP contribution in [-0.4, -0.2) is 83.8 Å². The summed E-state index contributed by atoms with van der Waals surface area (Å²) in [6.07, 6.45) is 9.01. The summed E-state index contributed by atoms with van der Waals surface area (Å²) in [5.41, 5.74) is 11.0. The van der Waals surface area contributed by atoms with E-state index in [0.29, 0.717) is 78.4 Å². The molecular formula is C74H81NO10S4. The number of ether oxygens (including phenoxy) is 1. The van der Waals surface area contributed by atoms with E-state index in [0.717, 1.165) is 109 Å². The number of nitrogens with one attached hydrogen (secondary N) is 1. The summed E-state index contributed by atoms with van der Waals surface area (Å²) in [6, 6.07) is 28.2. The van der Waals surface area contributed by atoms with Crippen LogP contribution < -0.4 is 15.5 Å². The van der Waals surface area contributed by atoms with Crippen molar-refractivity contribution in [3.8, 4) is 45.4 Å².